The summed E-state index contributed by atoms with van der Waals surface area (Å²) >= 11 is 3.34. The first-order valence-electron chi connectivity index (χ1n) is 5.84. The number of nitrogens with zero attached hydrogens (tertiary/aromatic N) is 1. The number of halogens is 1. The quantitative estimate of drug-likeness (QED) is 0.785. The van der Waals surface area contributed by atoms with E-state index in [0.717, 1.165) is 5.76 Å². The normalized spacial score (nSPS) is 18.7. The summed E-state index contributed by atoms with van der Waals surface area (Å²) in [5.74, 6) is 2.14. The molecule has 0 N–H and O–H groups in total. The fraction of sp³-hybridized carbons (Fsp3) is 0.750. The molecule has 1 heterocycles. The fourth-order valence-electron chi connectivity index (χ4n) is 2.40. The van der Waals surface area contributed by atoms with Gasteiger partial charge >= 0.3 is 0 Å². The second-order valence-electron chi connectivity index (χ2n) is 4.71. The van der Waals surface area contributed by atoms with Crippen molar-refractivity contribution in [3.63, 3.8) is 0 Å². The third-order valence-electron chi connectivity index (χ3n) is 3.17. The standard InChI is InChI=1S/C12H18BrNO/c1-8(2)11-10(14-12(13)15-11)9-6-4-3-5-7-9/h8-9H,3-7H2,1-2H3. The molecule has 0 radical (unpaired) electrons. The van der Waals surface area contributed by atoms with Crippen molar-refractivity contribution < 1.29 is 4.42 Å². The third kappa shape index (κ3) is 2.44. The van der Waals surface area contributed by atoms with Gasteiger partial charge in [-0.2, -0.15) is 0 Å². The van der Waals surface area contributed by atoms with Gasteiger partial charge in [0.05, 0.1) is 5.69 Å². The van der Waals surface area contributed by atoms with Crippen molar-refractivity contribution in [2.45, 2.75) is 57.8 Å². The molecule has 0 aliphatic heterocycles. The molecule has 0 spiro atoms. The number of aromatic nitrogens is 1. The van der Waals surface area contributed by atoms with Crippen LogP contribution in [0.15, 0.2) is 9.22 Å². The van der Waals surface area contributed by atoms with Gasteiger partial charge in [0.1, 0.15) is 5.76 Å². The number of oxazole rings is 1. The highest BCUT2D eigenvalue weighted by Crippen LogP contribution is 2.37. The summed E-state index contributed by atoms with van der Waals surface area (Å²) < 4.78 is 5.63. The molecule has 0 bridgehead atoms. The highest BCUT2D eigenvalue weighted by Gasteiger charge is 2.24. The predicted octanol–water partition coefficient (Wildman–Crippen LogP) is 4.61. The van der Waals surface area contributed by atoms with Gasteiger partial charge in [-0.3, -0.25) is 0 Å². The minimum absolute atomic E-state index is 0.431. The Bertz CT molecular complexity index is 326. The van der Waals surface area contributed by atoms with Gasteiger partial charge < -0.3 is 4.42 Å². The number of hydrogen-bond acceptors (Lipinski definition) is 2. The molecule has 3 heteroatoms. The Morgan fingerprint density at radius 1 is 1.27 bits per heavy atom. The van der Waals surface area contributed by atoms with Crippen LogP contribution < -0.4 is 0 Å². The highest BCUT2D eigenvalue weighted by atomic mass is 79.9. The molecular formula is C12H18BrNO. The molecule has 0 unspecified atom stereocenters. The summed E-state index contributed by atoms with van der Waals surface area (Å²) in [6, 6.07) is 0. The van der Waals surface area contributed by atoms with Crippen molar-refractivity contribution in [2.75, 3.05) is 0 Å². The van der Waals surface area contributed by atoms with Gasteiger partial charge in [-0.05, 0) is 12.8 Å². The number of rotatable bonds is 2. The smallest absolute Gasteiger partial charge is 0.264 e. The van der Waals surface area contributed by atoms with E-state index >= 15 is 0 Å². The molecular weight excluding hydrogens is 254 g/mol. The van der Waals surface area contributed by atoms with E-state index in [4.69, 9.17) is 4.42 Å². The van der Waals surface area contributed by atoms with E-state index in [9.17, 15) is 0 Å². The van der Waals surface area contributed by atoms with Crippen molar-refractivity contribution in [1.29, 1.82) is 0 Å². The summed E-state index contributed by atoms with van der Waals surface area (Å²) in [5, 5.41) is 0. The fourth-order valence-corrected chi connectivity index (χ4v) is 2.76. The Hall–Kier alpha value is -0.310. The highest BCUT2D eigenvalue weighted by molar-refractivity contribution is 9.10. The molecule has 2 rings (SSSR count). The average Bonchev–Trinajstić information content (AvgIpc) is 2.62. The van der Waals surface area contributed by atoms with E-state index in [2.05, 4.69) is 34.8 Å². The van der Waals surface area contributed by atoms with Crippen molar-refractivity contribution in [3.8, 4) is 0 Å². The monoisotopic (exact) mass is 271 g/mol. The molecule has 2 nitrogen and oxygen atoms in total. The summed E-state index contributed by atoms with van der Waals surface area (Å²) in [6.07, 6.45) is 6.61. The van der Waals surface area contributed by atoms with Crippen LogP contribution in [0.25, 0.3) is 0 Å². The average molecular weight is 272 g/mol. The van der Waals surface area contributed by atoms with E-state index < -0.39 is 0 Å². The first-order valence-corrected chi connectivity index (χ1v) is 6.64. The van der Waals surface area contributed by atoms with E-state index in [1.165, 1.54) is 37.8 Å². The van der Waals surface area contributed by atoms with Crippen LogP contribution in [0.3, 0.4) is 0 Å². The van der Waals surface area contributed by atoms with Crippen LogP contribution in [0.1, 0.15) is 69.2 Å². The van der Waals surface area contributed by atoms with E-state index in [1.807, 2.05) is 0 Å². The third-order valence-corrected chi connectivity index (χ3v) is 3.51. The van der Waals surface area contributed by atoms with Crippen molar-refractivity contribution in [2.24, 2.45) is 0 Å². The number of hydrogen-bond donors (Lipinski definition) is 0. The van der Waals surface area contributed by atoms with Crippen LogP contribution in [0.4, 0.5) is 0 Å². The maximum atomic E-state index is 5.63. The Morgan fingerprint density at radius 2 is 1.93 bits per heavy atom. The van der Waals surface area contributed by atoms with Crippen LogP contribution in [0, 0.1) is 0 Å². The molecule has 1 aliphatic rings. The van der Waals surface area contributed by atoms with Gasteiger partial charge in [0, 0.05) is 27.8 Å². The molecule has 0 saturated heterocycles. The molecule has 1 aromatic heterocycles. The molecule has 1 aromatic rings. The summed E-state index contributed by atoms with van der Waals surface area (Å²) in [7, 11) is 0. The van der Waals surface area contributed by atoms with Crippen LogP contribution in [-0.2, 0) is 0 Å². The maximum Gasteiger partial charge on any atom is 0.264 e. The zero-order valence-corrected chi connectivity index (χ0v) is 11.0. The second kappa shape index (κ2) is 4.69. The molecule has 15 heavy (non-hydrogen) atoms. The first kappa shape index (κ1) is 11.2. The minimum atomic E-state index is 0.431. The van der Waals surface area contributed by atoms with E-state index in [0.29, 0.717) is 16.6 Å². The second-order valence-corrected chi connectivity index (χ2v) is 5.38. The lowest BCUT2D eigenvalue weighted by atomic mass is 9.85. The molecule has 1 fully saturated rings. The topological polar surface area (TPSA) is 26.0 Å². The lowest BCUT2D eigenvalue weighted by molar-refractivity contribution is 0.418. The Kier molecular flexibility index (Phi) is 3.49. The van der Waals surface area contributed by atoms with Crippen LogP contribution >= 0.6 is 15.9 Å². The minimum Gasteiger partial charge on any atom is -0.436 e. The molecule has 0 aromatic carbocycles. The molecule has 0 amide bonds. The first-order chi connectivity index (χ1) is 7.18. The Morgan fingerprint density at radius 3 is 2.53 bits per heavy atom. The SMILES string of the molecule is CC(C)c1oc(Br)nc1C1CCCCC1. The largest absolute Gasteiger partial charge is 0.436 e. The molecule has 1 aliphatic carbocycles. The summed E-state index contributed by atoms with van der Waals surface area (Å²) in [5.41, 5.74) is 1.21. The van der Waals surface area contributed by atoms with E-state index in [1.54, 1.807) is 0 Å². The Labute approximate surface area is 99.6 Å². The molecule has 0 atom stereocenters. The van der Waals surface area contributed by atoms with Gasteiger partial charge in [0.2, 0.25) is 0 Å². The van der Waals surface area contributed by atoms with Gasteiger partial charge in [-0.1, -0.05) is 33.1 Å². The van der Waals surface area contributed by atoms with Gasteiger partial charge in [-0.25, -0.2) is 4.98 Å². The van der Waals surface area contributed by atoms with Crippen LogP contribution in [0.2, 0.25) is 0 Å². The van der Waals surface area contributed by atoms with Crippen molar-refractivity contribution in [1.82, 2.24) is 4.98 Å². The maximum absolute atomic E-state index is 5.63. The van der Waals surface area contributed by atoms with Crippen LogP contribution in [-0.4, -0.2) is 4.98 Å². The lowest BCUT2D eigenvalue weighted by Gasteiger charge is -2.20. The van der Waals surface area contributed by atoms with E-state index in [-0.39, 0.29) is 0 Å². The van der Waals surface area contributed by atoms with Crippen molar-refractivity contribution >= 4 is 15.9 Å². The zero-order chi connectivity index (χ0) is 10.8. The van der Waals surface area contributed by atoms with Crippen LogP contribution in [0.5, 0.6) is 0 Å². The van der Waals surface area contributed by atoms with Gasteiger partial charge in [-0.15, -0.1) is 0 Å². The molecule has 1 saturated carbocycles. The van der Waals surface area contributed by atoms with Gasteiger partial charge in [0.15, 0.2) is 0 Å². The summed E-state index contributed by atoms with van der Waals surface area (Å²) in [6.45, 7) is 4.33. The summed E-state index contributed by atoms with van der Waals surface area (Å²) in [4.78, 5) is 5.15. The Balaban J connectivity index is 2.25. The van der Waals surface area contributed by atoms with Crippen molar-refractivity contribution in [3.05, 3.63) is 16.3 Å². The lowest BCUT2D eigenvalue weighted by Crippen LogP contribution is -2.07. The zero-order valence-electron chi connectivity index (χ0n) is 9.42. The predicted molar refractivity (Wildman–Crippen MR) is 64.1 cm³/mol. The van der Waals surface area contributed by atoms with Gasteiger partial charge in [0.25, 0.3) is 4.80 Å². The molecule has 84 valence electrons.